The van der Waals surface area contributed by atoms with Crippen molar-refractivity contribution in [2.75, 3.05) is 13.1 Å². The molecule has 0 aliphatic rings. The van der Waals surface area contributed by atoms with E-state index in [2.05, 4.69) is 18.5 Å². The molecule has 0 fully saturated rings. The average molecular weight is 367 g/mol. The van der Waals surface area contributed by atoms with Gasteiger partial charge in [-0.2, -0.15) is 0 Å². The van der Waals surface area contributed by atoms with Crippen LogP contribution in [-0.4, -0.2) is 36.5 Å². The third-order valence-corrected chi connectivity index (χ3v) is 4.17. The Hall–Kier alpha value is -2.24. The predicted octanol–water partition coefficient (Wildman–Crippen LogP) is 3.48. The van der Waals surface area contributed by atoms with Crippen LogP contribution in [0.25, 0.3) is 0 Å². The summed E-state index contributed by atoms with van der Waals surface area (Å²) in [7, 11) is 0. The zero-order chi connectivity index (χ0) is 19.3. The molecule has 144 valence electrons. The summed E-state index contributed by atoms with van der Waals surface area (Å²) in [6, 6.07) is 19.8. The highest BCUT2D eigenvalue weighted by atomic mass is 16.5. The maximum absolute atomic E-state index is 10.4. The van der Waals surface area contributed by atoms with E-state index in [0.29, 0.717) is 26.3 Å². The number of nitrogens with one attached hydrogen (secondary N) is 1. The first kappa shape index (κ1) is 21.1. The van der Waals surface area contributed by atoms with E-state index < -0.39 is 12.2 Å². The fourth-order valence-electron chi connectivity index (χ4n) is 2.70. The van der Waals surface area contributed by atoms with Crippen LogP contribution < -0.4 is 5.32 Å². The Bertz CT molecular complexity index is 660. The minimum Gasteiger partial charge on any atom is -0.386 e. The summed E-state index contributed by atoms with van der Waals surface area (Å²) in [5, 5.41) is 13.7. The third kappa shape index (κ3) is 7.49. The molecule has 2 rings (SSSR count). The van der Waals surface area contributed by atoms with Crippen LogP contribution in [0.5, 0.6) is 0 Å². The molecule has 0 heterocycles. The minimum atomic E-state index is -0.833. The second-order valence-corrected chi connectivity index (χ2v) is 6.27. The average Bonchev–Trinajstić information content (AvgIpc) is 2.73. The van der Waals surface area contributed by atoms with Crippen molar-refractivity contribution in [2.45, 2.75) is 31.5 Å². The van der Waals surface area contributed by atoms with Gasteiger partial charge in [-0.05, 0) is 11.1 Å². The first-order valence-corrected chi connectivity index (χ1v) is 9.18. The van der Waals surface area contributed by atoms with Gasteiger partial charge < -0.3 is 19.9 Å². The van der Waals surface area contributed by atoms with Gasteiger partial charge in [0.25, 0.3) is 0 Å². The van der Waals surface area contributed by atoms with E-state index in [1.165, 1.54) is 6.08 Å². The van der Waals surface area contributed by atoms with Gasteiger partial charge in [0.1, 0.15) is 12.2 Å². The van der Waals surface area contributed by atoms with Gasteiger partial charge in [0.2, 0.25) is 0 Å². The lowest BCUT2D eigenvalue weighted by Gasteiger charge is -2.30. The molecule has 0 aliphatic heterocycles. The van der Waals surface area contributed by atoms with Crippen LogP contribution in [0, 0.1) is 0 Å². The molecular formula is C23H29NO3. The van der Waals surface area contributed by atoms with Gasteiger partial charge in [-0.25, -0.2) is 0 Å². The smallest absolute Gasteiger partial charge is 0.115 e. The number of benzene rings is 2. The molecule has 2 N–H and O–H groups in total. The molecule has 0 aromatic heterocycles. The SMILES string of the molecule is C=CCNC[C@H](OCc1ccccc1)[C@@H](OCc1ccccc1)[C@H](O)C=C. The molecule has 3 atom stereocenters. The lowest BCUT2D eigenvalue weighted by atomic mass is 10.1. The van der Waals surface area contributed by atoms with Crippen LogP contribution in [-0.2, 0) is 22.7 Å². The lowest BCUT2D eigenvalue weighted by molar-refractivity contribution is -0.119. The van der Waals surface area contributed by atoms with Crippen LogP contribution in [0.3, 0.4) is 0 Å². The minimum absolute atomic E-state index is 0.345. The molecule has 0 spiro atoms. The number of rotatable bonds is 13. The van der Waals surface area contributed by atoms with Crippen LogP contribution in [0.15, 0.2) is 86.0 Å². The molecule has 4 nitrogen and oxygen atoms in total. The number of ether oxygens (including phenoxy) is 2. The highest BCUT2D eigenvalue weighted by molar-refractivity contribution is 5.14. The molecule has 0 bridgehead atoms. The number of aliphatic hydroxyl groups is 1. The van der Waals surface area contributed by atoms with Crippen LogP contribution in [0.1, 0.15) is 11.1 Å². The second-order valence-electron chi connectivity index (χ2n) is 6.27. The fraction of sp³-hybridized carbons (Fsp3) is 0.304. The van der Waals surface area contributed by atoms with E-state index >= 15 is 0 Å². The maximum Gasteiger partial charge on any atom is 0.115 e. The lowest BCUT2D eigenvalue weighted by Crippen LogP contribution is -2.46. The summed E-state index contributed by atoms with van der Waals surface area (Å²) < 4.78 is 12.2. The number of hydrogen-bond acceptors (Lipinski definition) is 4. The Morgan fingerprint density at radius 2 is 1.44 bits per heavy atom. The van der Waals surface area contributed by atoms with Crippen molar-refractivity contribution in [1.29, 1.82) is 0 Å². The Kier molecular flexibility index (Phi) is 9.52. The predicted molar refractivity (Wildman–Crippen MR) is 109 cm³/mol. The Labute approximate surface area is 162 Å². The molecule has 4 heteroatoms. The highest BCUT2D eigenvalue weighted by Crippen LogP contribution is 2.15. The molecule has 0 unspecified atom stereocenters. The summed E-state index contributed by atoms with van der Waals surface area (Å²) in [6.45, 7) is 9.45. The summed E-state index contributed by atoms with van der Waals surface area (Å²) in [5.74, 6) is 0. The molecular weight excluding hydrogens is 338 g/mol. The van der Waals surface area contributed by atoms with Crippen molar-refractivity contribution in [2.24, 2.45) is 0 Å². The molecule has 2 aromatic carbocycles. The quantitative estimate of drug-likeness (QED) is 0.420. The Morgan fingerprint density at radius 1 is 0.889 bits per heavy atom. The van der Waals surface area contributed by atoms with Gasteiger partial charge in [0.15, 0.2) is 0 Å². The van der Waals surface area contributed by atoms with Crippen molar-refractivity contribution in [3.05, 3.63) is 97.1 Å². The summed E-state index contributed by atoms with van der Waals surface area (Å²) in [5.41, 5.74) is 2.11. The van der Waals surface area contributed by atoms with Crippen molar-refractivity contribution >= 4 is 0 Å². The van der Waals surface area contributed by atoms with Crippen molar-refractivity contribution in [3.8, 4) is 0 Å². The third-order valence-electron chi connectivity index (χ3n) is 4.17. The Morgan fingerprint density at radius 3 is 1.96 bits per heavy atom. The second kappa shape index (κ2) is 12.2. The monoisotopic (exact) mass is 367 g/mol. The van der Waals surface area contributed by atoms with Gasteiger partial charge in [0.05, 0.1) is 19.3 Å². The van der Waals surface area contributed by atoms with Gasteiger partial charge in [-0.15, -0.1) is 13.2 Å². The summed E-state index contributed by atoms with van der Waals surface area (Å²) >= 11 is 0. The molecule has 0 saturated carbocycles. The zero-order valence-corrected chi connectivity index (χ0v) is 15.7. The maximum atomic E-state index is 10.4. The molecule has 27 heavy (non-hydrogen) atoms. The van der Waals surface area contributed by atoms with E-state index in [1.807, 2.05) is 60.7 Å². The molecule has 0 amide bonds. The Balaban J connectivity index is 2.06. The summed E-state index contributed by atoms with van der Waals surface area (Å²) in [4.78, 5) is 0. The van der Waals surface area contributed by atoms with E-state index in [9.17, 15) is 5.11 Å². The molecule has 0 aliphatic carbocycles. The van der Waals surface area contributed by atoms with Crippen LogP contribution in [0.4, 0.5) is 0 Å². The van der Waals surface area contributed by atoms with E-state index in [4.69, 9.17) is 9.47 Å². The van der Waals surface area contributed by atoms with Crippen molar-refractivity contribution in [3.63, 3.8) is 0 Å². The van der Waals surface area contributed by atoms with Crippen LogP contribution in [0.2, 0.25) is 0 Å². The molecule has 2 aromatic rings. The number of hydrogen-bond donors (Lipinski definition) is 2. The largest absolute Gasteiger partial charge is 0.386 e. The van der Waals surface area contributed by atoms with Gasteiger partial charge in [-0.3, -0.25) is 0 Å². The van der Waals surface area contributed by atoms with E-state index in [-0.39, 0.29) is 6.10 Å². The molecule has 0 saturated heterocycles. The van der Waals surface area contributed by atoms with Gasteiger partial charge >= 0.3 is 0 Å². The highest BCUT2D eigenvalue weighted by Gasteiger charge is 2.28. The topological polar surface area (TPSA) is 50.7 Å². The van der Waals surface area contributed by atoms with Crippen molar-refractivity contribution < 1.29 is 14.6 Å². The van der Waals surface area contributed by atoms with E-state index in [1.54, 1.807) is 6.08 Å². The first-order chi connectivity index (χ1) is 13.2. The summed E-state index contributed by atoms with van der Waals surface area (Å²) in [6.07, 6.45) is 1.56. The normalized spacial score (nSPS) is 14.3. The first-order valence-electron chi connectivity index (χ1n) is 9.18. The standard InChI is InChI=1S/C23H29NO3/c1-3-15-24-16-22(26-17-19-11-7-5-8-12-19)23(21(25)4-2)27-18-20-13-9-6-10-14-20/h3-14,21-25H,1-2,15-18H2/t21-,22+,23+/m1/s1. The van der Waals surface area contributed by atoms with E-state index in [0.717, 1.165) is 11.1 Å². The van der Waals surface area contributed by atoms with Gasteiger partial charge in [-0.1, -0.05) is 72.8 Å². The number of aliphatic hydroxyl groups excluding tert-OH is 1. The van der Waals surface area contributed by atoms with Gasteiger partial charge in [0, 0.05) is 13.1 Å². The fourth-order valence-corrected chi connectivity index (χ4v) is 2.70. The van der Waals surface area contributed by atoms with Crippen LogP contribution >= 0.6 is 0 Å². The van der Waals surface area contributed by atoms with Crippen molar-refractivity contribution in [1.82, 2.24) is 5.32 Å². The zero-order valence-electron chi connectivity index (χ0n) is 15.7. The molecule has 0 radical (unpaired) electrons.